The highest BCUT2D eigenvalue weighted by Crippen LogP contribution is 2.40. The molecule has 2 atom stereocenters. The smallest absolute Gasteiger partial charge is 0.0795 e. The lowest BCUT2D eigenvalue weighted by atomic mass is 9.87. The molecule has 4 heteroatoms. The van der Waals surface area contributed by atoms with E-state index in [0.717, 1.165) is 25.7 Å². The zero-order valence-electron chi connectivity index (χ0n) is 9.15. The first-order chi connectivity index (χ1) is 7.27. The van der Waals surface area contributed by atoms with Crippen LogP contribution in [0.25, 0.3) is 0 Å². The molecule has 3 saturated heterocycles. The first kappa shape index (κ1) is 10.4. The van der Waals surface area contributed by atoms with Gasteiger partial charge in [0.05, 0.1) is 5.60 Å². The van der Waals surface area contributed by atoms with Crippen LogP contribution < -0.4 is 5.73 Å². The van der Waals surface area contributed by atoms with Gasteiger partial charge in [-0.25, -0.2) is 0 Å². The number of rotatable bonds is 1. The number of likely N-dealkylation sites (tertiary alicyclic amines) is 1. The molecule has 15 heavy (non-hydrogen) atoms. The molecule has 3 aliphatic rings. The van der Waals surface area contributed by atoms with Crippen LogP contribution in [-0.2, 0) is 4.74 Å². The second kappa shape index (κ2) is 3.91. The molecule has 3 fully saturated rings. The fourth-order valence-corrected chi connectivity index (χ4v) is 4.40. The molecular weight excluding hydrogens is 208 g/mol. The van der Waals surface area contributed by atoms with Crippen molar-refractivity contribution in [3.8, 4) is 0 Å². The molecule has 1 spiro atoms. The maximum atomic E-state index is 6.02. The lowest BCUT2D eigenvalue weighted by molar-refractivity contribution is -0.0997. The summed E-state index contributed by atoms with van der Waals surface area (Å²) in [5.74, 6) is 2.50. The van der Waals surface area contributed by atoms with Crippen molar-refractivity contribution in [1.29, 1.82) is 0 Å². The Hall–Kier alpha value is 0.230. The monoisotopic (exact) mass is 228 g/mol. The van der Waals surface area contributed by atoms with Crippen molar-refractivity contribution in [3.63, 3.8) is 0 Å². The van der Waals surface area contributed by atoms with Crippen LogP contribution >= 0.6 is 11.8 Å². The van der Waals surface area contributed by atoms with Gasteiger partial charge in [0.2, 0.25) is 0 Å². The van der Waals surface area contributed by atoms with Crippen molar-refractivity contribution in [2.45, 2.75) is 36.9 Å². The zero-order valence-corrected chi connectivity index (χ0v) is 9.97. The third-order valence-electron chi connectivity index (χ3n) is 3.99. The van der Waals surface area contributed by atoms with Crippen LogP contribution in [0.1, 0.15) is 19.3 Å². The second-order valence-corrected chi connectivity index (χ2v) is 6.30. The van der Waals surface area contributed by atoms with Gasteiger partial charge in [-0.1, -0.05) is 0 Å². The molecule has 0 aromatic carbocycles. The van der Waals surface area contributed by atoms with Gasteiger partial charge in [-0.15, -0.1) is 0 Å². The highest BCUT2D eigenvalue weighted by atomic mass is 32.2. The molecule has 0 radical (unpaired) electrons. The number of ether oxygens (including phenoxy) is 1. The molecule has 3 nitrogen and oxygen atoms in total. The zero-order chi connectivity index (χ0) is 10.3. The van der Waals surface area contributed by atoms with Crippen LogP contribution in [0.4, 0.5) is 0 Å². The van der Waals surface area contributed by atoms with Gasteiger partial charge >= 0.3 is 0 Å². The highest BCUT2D eigenvalue weighted by Gasteiger charge is 2.43. The van der Waals surface area contributed by atoms with E-state index in [-0.39, 0.29) is 5.60 Å². The lowest BCUT2D eigenvalue weighted by Gasteiger charge is -2.48. The van der Waals surface area contributed by atoms with E-state index in [1.807, 2.05) is 0 Å². The Balaban J connectivity index is 1.61. The average molecular weight is 228 g/mol. The average Bonchev–Trinajstić information content (AvgIpc) is 2.62. The summed E-state index contributed by atoms with van der Waals surface area (Å²) in [4.78, 5) is 2.55. The minimum absolute atomic E-state index is 0.229. The molecule has 86 valence electrons. The van der Waals surface area contributed by atoms with Gasteiger partial charge in [-0.3, -0.25) is 4.90 Å². The summed E-state index contributed by atoms with van der Waals surface area (Å²) in [5.41, 5.74) is 6.07. The SMILES string of the molecule is NC1CN(C2CCOC3(CCSC3)C2)C1. The largest absolute Gasteiger partial charge is 0.374 e. The molecule has 2 N–H and O–H groups in total. The van der Waals surface area contributed by atoms with E-state index >= 15 is 0 Å². The van der Waals surface area contributed by atoms with Gasteiger partial charge in [-0.2, -0.15) is 11.8 Å². The van der Waals surface area contributed by atoms with E-state index < -0.39 is 0 Å². The Morgan fingerprint density at radius 1 is 1.40 bits per heavy atom. The van der Waals surface area contributed by atoms with Crippen LogP contribution in [0.2, 0.25) is 0 Å². The normalized spacial score (nSPS) is 43.4. The molecule has 0 aromatic heterocycles. The quantitative estimate of drug-likeness (QED) is 0.716. The van der Waals surface area contributed by atoms with E-state index in [1.54, 1.807) is 0 Å². The summed E-state index contributed by atoms with van der Waals surface area (Å²) in [6, 6.07) is 1.18. The van der Waals surface area contributed by atoms with Crippen molar-refractivity contribution in [1.82, 2.24) is 4.90 Å². The molecule has 2 unspecified atom stereocenters. The Morgan fingerprint density at radius 3 is 2.93 bits per heavy atom. The molecule has 0 bridgehead atoms. The predicted octanol–water partition coefficient (Wildman–Crippen LogP) is 0.684. The Morgan fingerprint density at radius 2 is 2.27 bits per heavy atom. The van der Waals surface area contributed by atoms with Gasteiger partial charge in [0.15, 0.2) is 0 Å². The number of hydrogen-bond acceptors (Lipinski definition) is 4. The molecule has 0 amide bonds. The van der Waals surface area contributed by atoms with Crippen molar-refractivity contribution in [2.24, 2.45) is 5.73 Å². The van der Waals surface area contributed by atoms with E-state index in [4.69, 9.17) is 10.5 Å². The van der Waals surface area contributed by atoms with Crippen LogP contribution in [0.15, 0.2) is 0 Å². The van der Waals surface area contributed by atoms with Gasteiger partial charge in [0, 0.05) is 37.5 Å². The third-order valence-corrected chi connectivity index (χ3v) is 5.21. The molecule has 3 heterocycles. The molecule has 3 rings (SSSR count). The third kappa shape index (κ3) is 1.93. The van der Waals surface area contributed by atoms with Gasteiger partial charge in [0.1, 0.15) is 0 Å². The molecule has 3 aliphatic heterocycles. The summed E-state index contributed by atoms with van der Waals surface area (Å²) >= 11 is 2.05. The molecular formula is C11H20N2OS. The van der Waals surface area contributed by atoms with Crippen LogP contribution in [-0.4, -0.2) is 53.8 Å². The molecule has 0 saturated carbocycles. The second-order valence-electron chi connectivity index (χ2n) is 5.19. The van der Waals surface area contributed by atoms with Gasteiger partial charge < -0.3 is 10.5 Å². The summed E-state index contributed by atoms with van der Waals surface area (Å²) < 4.78 is 6.02. The Labute approximate surface area is 95.7 Å². The van der Waals surface area contributed by atoms with Crippen LogP contribution in [0.3, 0.4) is 0 Å². The van der Waals surface area contributed by atoms with E-state index in [0.29, 0.717) is 6.04 Å². The number of nitrogens with zero attached hydrogens (tertiary/aromatic N) is 1. The van der Waals surface area contributed by atoms with E-state index in [9.17, 15) is 0 Å². The van der Waals surface area contributed by atoms with Gasteiger partial charge in [0.25, 0.3) is 0 Å². The number of hydrogen-bond donors (Lipinski definition) is 1. The minimum Gasteiger partial charge on any atom is -0.374 e. The minimum atomic E-state index is 0.229. The van der Waals surface area contributed by atoms with Crippen LogP contribution in [0.5, 0.6) is 0 Å². The first-order valence-electron chi connectivity index (χ1n) is 5.99. The summed E-state index contributed by atoms with van der Waals surface area (Å²) in [7, 11) is 0. The highest BCUT2D eigenvalue weighted by molar-refractivity contribution is 7.99. The summed E-state index contributed by atoms with van der Waals surface area (Å²) in [6.07, 6.45) is 3.71. The summed E-state index contributed by atoms with van der Waals surface area (Å²) in [5, 5.41) is 0. The standard InChI is InChI=1S/C11H20N2OS/c12-9-6-13(7-9)10-1-3-14-11(5-10)2-4-15-8-11/h9-10H,1-8,12H2. The van der Waals surface area contributed by atoms with Crippen molar-refractivity contribution >= 4 is 11.8 Å². The summed E-state index contributed by atoms with van der Waals surface area (Å²) in [6.45, 7) is 3.17. The Bertz CT molecular complexity index is 237. The lowest BCUT2D eigenvalue weighted by Crippen LogP contribution is -2.62. The van der Waals surface area contributed by atoms with Gasteiger partial charge in [-0.05, 0) is 25.0 Å². The van der Waals surface area contributed by atoms with Crippen LogP contribution in [0, 0.1) is 0 Å². The maximum Gasteiger partial charge on any atom is 0.0795 e. The van der Waals surface area contributed by atoms with E-state index in [2.05, 4.69) is 16.7 Å². The van der Waals surface area contributed by atoms with E-state index in [1.165, 1.54) is 30.8 Å². The predicted molar refractivity (Wildman–Crippen MR) is 63.2 cm³/mol. The van der Waals surface area contributed by atoms with Crippen molar-refractivity contribution in [3.05, 3.63) is 0 Å². The maximum absolute atomic E-state index is 6.02. The molecule has 0 aromatic rings. The fraction of sp³-hybridized carbons (Fsp3) is 1.00. The topological polar surface area (TPSA) is 38.5 Å². The molecule has 0 aliphatic carbocycles. The van der Waals surface area contributed by atoms with Crippen molar-refractivity contribution in [2.75, 3.05) is 31.2 Å². The Kier molecular flexibility index (Phi) is 2.71. The first-order valence-corrected chi connectivity index (χ1v) is 7.14. The number of thioether (sulfide) groups is 1. The number of nitrogens with two attached hydrogens (primary N) is 1. The fourth-order valence-electron chi connectivity index (χ4n) is 3.02. The van der Waals surface area contributed by atoms with Crippen molar-refractivity contribution < 1.29 is 4.74 Å².